The fraction of sp³-hybridized carbons (Fsp3) is 0.188. The summed E-state index contributed by atoms with van der Waals surface area (Å²) in [6.45, 7) is 1.94. The summed E-state index contributed by atoms with van der Waals surface area (Å²) in [7, 11) is 3.13. The molecule has 2 aromatic carbocycles. The SMILES string of the molecule is COc1ccc(NC(=O)c2cccc(C)c2Br)c(OC)c1. The molecule has 0 aliphatic heterocycles. The minimum absolute atomic E-state index is 0.200. The Morgan fingerprint density at radius 2 is 1.90 bits per heavy atom. The highest BCUT2D eigenvalue weighted by Gasteiger charge is 2.14. The van der Waals surface area contributed by atoms with Crippen LogP contribution in [0, 0.1) is 6.92 Å². The van der Waals surface area contributed by atoms with Crippen molar-refractivity contribution in [3.05, 3.63) is 52.0 Å². The molecule has 1 amide bonds. The molecule has 2 aromatic rings. The van der Waals surface area contributed by atoms with Crippen molar-refractivity contribution in [2.24, 2.45) is 0 Å². The monoisotopic (exact) mass is 349 g/mol. The number of ether oxygens (including phenoxy) is 2. The van der Waals surface area contributed by atoms with Crippen molar-refractivity contribution in [3.8, 4) is 11.5 Å². The summed E-state index contributed by atoms with van der Waals surface area (Å²) < 4.78 is 11.2. The van der Waals surface area contributed by atoms with E-state index < -0.39 is 0 Å². The summed E-state index contributed by atoms with van der Waals surface area (Å²) in [6, 6.07) is 10.8. The van der Waals surface area contributed by atoms with Crippen molar-refractivity contribution in [1.82, 2.24) is 0 Å². The number of anilines is 1. The maximum Gasteiger partial charge on any atom is 0.256 e. The number of hydrogen-bond donors (Lipinski definition) is 1. The molecule has 0 saturated heterocycles. The van der Waals surface area contributed by atoms with Gasteiger partial charge < -0.3 is 14.8 Å². The molecule has 21 heavy (non-hydrogen) atoms. The molecule has 0 spiro atoms. The number of rotatable bonds is 4. The van der Waals surface area contributed by atoms with Crippen molar-refractivity contribution in [3.63, 3.8) is 0 Å². The van der Waals surface area contributed by atoms with Crippen LogP contribution >= 0.6 is 15.9 Å². The molecule has 0 aromatic heterocycles. The predicted molar refractivity (Wildman–Crippen MR) is 86.4 cm³/mol. The third-order valence-corrected chi connectivity index (χ3v) is 4.15. The van der Waals surface area contributed by atoms with E-state index in [1.54, 1.807) is 38.5 Å². The molecule has 0 heterocycles. The Morgan fingerprint density at radius 1 is 1.14 bits per heavy atom. The van der Waals surface area contributed by atoms with Gasteiger partial charge in [-0.05, 0) is 46.6 Å². The van der Waals surface area contributed by atoms with Gasteiger partial charge in [0.05, 0.1) is 25.5 Å². The van der Waals surface area contributed by atoms with Gasteiger partial charge in [0.15, 0.2) is 0 Å². The third-order valence-electron chi connectivity index (χ3n) is 3.09. The van der Waals surface area contributed by atoms with Crippen LogP contribution in [-0.4, -0.2) is 20.1 Å². The van der Waals surface area contributed by atoms with E-state index in [0.29, 0.717) is 22.7 Å². The van der Waals surface area contributed by atoms with Gasteiger partial charge in [-0.3, -0.25) is 4.79 Å². The summed E-state index contributed by atoms with van der Waals surface area (Å²) in [5, 5.41) is 2.85. The van der Waals surface area contributed by atoms with Gasteiger partial charge in [-0.25, -0.2) is 0 Å². The lowest BCUT2D eigenvalue weighted by Gasteiger charge is -2.12. The van der Waals surface area contributed by atoms with Crippen molar-refractivity contribution < 1.29 is 14.3 Å². The second-order valence-electron chi connectivity index (χ2n) is 4.46. The van der Waals surface area contributed by atoms with E-state index >= 15 is 0 Å². The third kappa shape index (κ3) is 3.36. The molecule has 110 valence electrons. The molecule has 0 fully saturated rings. The standard InChI is InChI=1S/C16H16BrNO3/c1-10-5-4-6-12(15(10)17)16(19)18-13-8-7-11(20-2)9-14(13)21-3/h4-9H,1-3H3,(H,18,19). The lowest BCUT2D eigenvalue weighted by Crippen LogP contribution is -2.13. The van der Waals surface area contributed by atoms with Gasteiger partial charge in [0.25, 0.3) is 5.91 Å². The second-order valence-corrected chi connectivity index (χ2v) is 5.25. The van der Waals surface area contributed by atoms with Gasteiger partial charge in [0.2, 0.25) is 0 Å². The van der Waals surface area contributed by atoms with E-state index in [1.807, 2.05) is 19.1 Å². The molecule has 0 unspecified atom stereocenters. The highest BCUT2D eigenvalue weighted by atomic mass is 79.9. The van der Waals surface area contributed by atoms with Crippen LogP contribution in [0.3, 0.4) is 0 Å². The first-order valence-electron chi connectivity index (χ1n) is 6.35. The highest BCUT2D eigenvalue weighted by molar-refractivity contribution is 9.10. The van der Waals surface area contributed by atoms with Crippen molar-refractivity contribution in [2.75, 3.05) is 19.5 Å². The van der Waals surface area contributed by atoms with Gasteiger partial charge in [-0.1, -0.05) is 12.1 Å². The topological polar surface area (TPSA) is 47.6 Å². The van der Waals surface area contributed by atoms with E-state index in [0.717, 1.165) is 10.0 Å². The van der Waals surface area contributed by atoms with Crippen LogP contribution in [0.1, 0.15) is 15.9 Å². The molecule has 0 bridgehead atoms. The van der Waals surface area contributed by atoms with Crippen LogP contribution < -0.4 is 14.8 Å². The van der Waals surface area contributed by atoms with Crippen LogP contribution in [0.4, 0.5) is 5.69 Å². The van der Waals surface area contributed by atoms with Gasteiger partial charge in [0, 0.05) is 10.5 Å². The number of halogens is 1. The van der Waals surface area contributed by atoms with E-state index in [4.69, 9.17) is 9.47 Å². The average molecular weight is 350 g/mol. The molecule has 0 aliphatic carbocycles. The largest absolute Gasteiger partial charge is 0.497 e. The zero-order valence-electron chi connectivity index (χ0n) is 12.1. The zero-order chi connectivity index (χ0) is 15.4. The van der Waals surface area contributed by atoms with Crippen LogP contribution in [0.25, 0.3) is 0 Å². The van der Waals surface area contributed by atoms with Gasteiger partial charge in [0.1, 0.15) is 11.5 Å². The first-order chi connectivity index (χ1) is 10.1. The molecule has 5 heteroatoms. The summed E-state index contributed by atoms with van der Waals surface area (Å²) in [6.07, 6.45) is 0. The number of carbonyl (C=O) groups excluding carboxylic acids is 1. The normalized spacial score (nSPS) is 10.1. The molecular formula is C16H16BrNO3. The zero-order valence-corrected chi connectivity index (χ0v) is 13.7. The number of aryl methyl sites for hydroxylation is 1. The number of benzene rings is 2. The molecule has 1 N–H and O–H groups in total. The van der Waals surface area contributed by atoms with Crippen LogP contribution in [0.15, 0.2) is 40.9 Å². The average Bonchev–Trinajstić information content (AvgIpc) is 2.50. The van der Waals surface area contributed by atoms with Crippen molar-refractivity contribution in [2.45, 2.75) is 6.92 Å². The van der Waals surface area contributed by atoms with Crippen LogP contribution in [-0.2, 0) is 0 Å². The lowest BCUT2D eigenvalue weighted by molar-refractivity contribution is 0.102. The van der Waals surface area contributed by atoms with Gasteiger partial charge in [-0.2, -0.15) is 0 Å². The number of carbonyl (C=O) groups is 1. The maximum atomic E-state index is 12.4. The van der Waals surface area contributed by atoms with Crippen molar-refractivity contribution in [1.29, 1.82) is 0 Å². The molecule has 0 radical (unpaired) electrons. The highest BCUT2D eigenvalue weighted by Crippen LogP contribution is 2.30. The number of methoxy groups -OCH3 is 2. The number of amides is 1. The number of hydrogen-bond acceptors (Lipinski definition) is 3. The Kier molecular flexibility index (Phi) is 4.85. The molecule has 0 aliphatic rings. The summed E-state index contributed by atoms with van der Waals surface area (Å²) in [4.78, 5) is 12.4. The van der Waals surface area contributed by atoms with E-state index in [2.05, 4.69) is 21.2 Å². The first-order valence-corrected chi connectivity index (χ1v) is 7.14. The Labute approximate surface area is 132 Å². The predicted octanol–water partition coefficient (Wildman–Crippen LogP) is 4.03. The Balaban J connectivity index is 2.29. The fourth-order valence-electron chi connectivity index (χ4n) is 1.91. The minimum atomic E-state index is -0.200. The maximum absolute atomic E-state index is 12.4. The Bertz CT molecular complexity index is 671. The second kappa shape index (κ2) is 6.63. The van der Waals surface area contributed by atoms with Crippen LogP contribution in [0.5, 0.6) is 11.5 Å². The fourth-order valence-corrected chi connectivity index (χ4v) is 2.36. The lowest BCUT2D eigenvalue weighted by atomic mass is 10.1. The van der Waals surface area contributed by atoms with Crippen LogP contribution in [0.2, 0.25) is 0 Å². The number of nitrogens with one attached hydrogen (secondary N) is 1. The smallest absolute Gasteiger partial charge is 0.256 e. The van der Waals surface area contributed by atoms with E-state index in [-0.39, 0.29) is 5.91 Å². The van der Waals surface area contributed by atoms with Crippen molar-refractivity contribution >= 4 is 27.5 Å². The molecule has 2 rings (SSSR count). The summed E-state index contributed by atoms with van der Waals surface area (Å²) >= 11 is 3.44. The first kappa shape index (κ1) is 15.4. The minimum Gasteiger partial charge on any atom is -0.497 e. The summed E-state index contributed by atoms with van der Waals surface area (Å²) in [5.74, 6) is 1.02. The van der Waals surface area contributed by atoms with E-state index in [1.165, 1.54) is 0 Å². The molecule has 4 nitrogen and oxygen atoms in total. The van der Waals surface area contributed by atoms with E-state index in [9.17, 15) is 4.79 Å². The Hall–Kier alpha value is -2.01. The van der Waals surface area contributed by atoms with Gasteiger partial charge in [-0.15, -0.1) is 0 Å². The molecule has 0 atom stereocenters. The molecular weight excluding hydrogens is 334 g/mol. The quantitative estimate of drug-likeness (QED) is 0.906. The molecule has 0 saturated carbocycles. The van der Waals surface area contributed by atoms with Gasteiger partial charge >= 0.3 is 0 Å². The Morgan fingerprint density at radius 3 is 2.57 bits per heavy atom. The summed E-state index contributed by atoms with van der Waals surface area (Å²) in [5.41, 5.74) is 2.17.